The van der Waals surface area contributed by atoms with Crippen molar-refractivity contribution in [2.24, 2.45) is 5.41 Å². The minimum absolute atomic E-state index is 0.150. The Balaban J connectivity index is 1.06. The Morgan fingerprint density at radius 3 is 1.75 bits per heavy atom. The van der Waals surface area contributed by atoms with E-state index in [4.69, 9.17) is 9.72 Å². The lowest BCUT2D eigenvalue weighted by molar-refractivity contribution is 0.481. The Morgan fingerprint density at radius 2 is 1.12 bits per heavy atom. The molecular weight excluding hydrogens is 817 g/mol. The summed E-state index contributed by atoms with van der Waals surface area (Å²) in [4.78, 5) is 9.74. The Kier molecular flexibility index (Phi) is 10.9. The summed E-state index contributed by atoms with van der Waals surface area (Å²) in [5.74, 6) is 2.41. The molecule has 0 atom stereocenters. The molecule has 5 nitrogen and oxygen atoms in total. The fourth-order valence-electron chi connectivity index (χ4n) is 10.2. The van der Waals surface area contributed by atoms with Gasteiger partial charge < -0.3 is 14.5 Å². The number of anilines is 2. The zero-order valence-electron chi connectivity index (χ0n) is 40.3. The molecule has 0 spiro atoms. The second-order valence-corrected chi connectivity index (χ2v) is 20.3. The van der Waals surface area contributed by atoms with E-state index < -0.39 is 0 Å². The molecule has 0 saturated carbocycles. The summed E-state index contributed by atoms with van der Waals surface area (Å²) in [6.45, 7) is 21.4. The van der Waals surface area contributed by atoms with Gasteiger partial charge in [-0.1, -0.05) is 164 Å². The highest BCUT2D eigenvalue weighted by Gasteiger charge is 2.34. The molecule has 0 radical (unpaired) electrons. The quantitative estimate of drug-likeness (QED) is 0.137. The number of hydrogen-bond acceptors (Lipinski definition) is 4. The van der Waals surface area contributed by atoms with E-state index in [1.165, 1.54) is 61.1 Å². The summed E-state index contributed by atoms with van der Waals surface area (Å²) in [7, 11) is 0. The molecule has 2 aromatic heterocycles. The standard InChI is InChI=1S/C62H60N4O/c1-42-22-20-23-43(2)58(42)53-38-51(39-55-59(53)52-30-16-17-31-54(52)66(55)57-32-18-19-33-63-57)67-50-29-21-28-48(37-50)65-41-64(40-56(65)60(3,4)5)49-35-46(61(6,7)44-24-12-10-13-25-44)34-47(36-49)62(8,9)45-26-14-11-15-27-45/h10-40H,41H2,1-9H3. The first-order valence-corrected chi connectivity index (χ1v) is 23.6. The Labute approximate surface area is 396 Å². The summed E-state index contributed by atoms with van der Waals surface area (Å²) in [5.41, 5.74) is 15.0. The third kappa shape index (κ3) is 7.97. The van der Waals surface area contributed by atoms with Crippen LogP contribution in [0.5, 0.6) is 11.5 Å². The van der Waals surface area contributed by atoms with Gasteiger partial charge >= 0.3 is 0 Å². The van der Waals surface area contributed by atoms with Crippen molar-refractivity contribution >= 4 is 33.2 Å². The van der Waals surface area contributed by atoms with Gasteiger partial charge in [0.1, 0.15) is 17.3 Å². The summed E-state index contributed by atoms with van der Waals surface area (Å²) in [5, 5.41) is 2.36. The fourth-order valence-corrected chi connectivity index (χ4v) is 10.2. The number of fused-ring (bicyclic) bond motifs is 3. The van der Waals surface area contributed by atoms with Crippen LogP contribution < -0.4 is 14.5 Å². The van der Waals surface area contributed by atoms with Crippen LogP contribution >= 0.6 is 0 Å². The molecule has 1 aliphatic heterocycles. The minimum atomic E-state index is -0.229. The minimum Gasteiger partial charge on any atom is -0.457 e. The van der Waals surface area contributed by atoms with Gasteiger partial charge in [0.05, 0.1) is 17.7 Å². The van der Waals surface area contributed by atoms with Gasteiger partial charge in [0.25, 0.3) is 0 Å². The fraction of sp³-hybridized carbons (Fsp3) is 0.210. The highest BCUT2D eigenvalue weighted by molar-refractivity contribution is 6.16. The first kappa shape index (κ1) is 43.5. The lowest BCUT2D eigenvalue weighted by Crippen LogP contribution is -2.31. The van der Waals surface area contributed by atoms with Crippen LogP contribution in [-0.4, -0.2) is 16.2 Å². The van der Waals surface area contributed by atoms with Crippen molar-refractivity contribution in [2.45, 2.75) is 73.1 Å². The van der Waals surface area contributed by atoms with Crippen molar-refractivity contribution < 1.29 is 4.74 Å². The molecule has 0 unspecified atom stereocenters. The van der Waals surface area contributed by atoms with Crippen LogP contribution in [0.15, 0.2) is 194 Å². The molecule has 67 heavy (non-hydrogen) atoms. The zero-order valence-corrected chi connectivity index (χ0v) is 40.3. The summed E-state index contributed by atoms with van der Waals surface area (Å²) in [6, 6.07) is 63.3. The van der Waals surface area contributed by atoms with Crippen LogP contribution in [-0.2, 0) is 10.8 Å². The molecule has 10 rings (SSSR count). The molecule has 5 heteroatoms. The maximum Gasteiger partial charge on any atom is 0.137 e. The smallest absolute Gasteiger partial charge is 0.137 e. The number of aromatic nitrogens is 2. The molecular formula is C62H60N4O. The largest absolute Gasteiger partial charge is 0.457 e. The van der Waals surface area contributed by atoms with Gasteiger partial charge in [-0.25, -0.2) is 4.98 Å². The number of para-hydroxylation sites is 1. The summed E-state index contributed by atoms with van der Waals surface area (Å²) < 4.78 is 9.32. The predicted octanol–water partition coefficient (Wildman–Crippen LogP) is 16.1. The van der Waals surface area contributed by atoms with Crippen LogP contribution in [0.2, 0.25) is 0 Å². The Morgan fingerprint density at radius 1 is 0.507 bits per heavy atom. The molecule has 334 valence electrons. The zero-order chi connectivity index (χ0) is 46.7. The monoisotopic (exact) mass is 876 g/mol. The van der Waals surface area contributed by atoms with E-state index in [2.05, 4.69) is 247 Å². The molecule has 0 aliphatic carbocycles. The Hall–Kier alpha value is -7.37. The van der Waals surface area contributed by atoms with Crippen LogP contribution in [0.1, 0.15) is 81.8 Å². The number of hydrogen-bond donors (Lipinski definition) is 0. The van der Waals surface area contributed by atoms with Crippen molar-refractivity contribution in [3.05, 3.63) is 227 Å². The molecule has 0 fully saturated rings. The molecule has 3 heterocycles. The average Bonchev–Trinajstić information content (AvgIpc) is 3.94. The Bertz CT molecular complexity index is 3210. The third-order valence-electron chi connectivity index (χ3n) is 14.1. The lowest BCUT2D eigenvalue weighted by atomic mass is 9.73. The number of ether oxygens (including phenoxy) is 1. The molecule has 0 amide bonds. The van der Waals surface area contributed by atoms with E-state index >= 15 is 0 Å². The van der Waals surface area contributed by atoms with Crippen molar-refractivity contribution in [2.75, 3.05) is 16.5 Å². The topological polar surface area (TPSA) is 33.5 Å². The number of benzene rings is 7. The SMILES string of the molecule is Cc1cccc(C)c1-c1cc(Oc2cccc(N3CN(c4cc(C(C)(C)c5ccccc5)cc(C(C)(C)c5ccccc5)c4)C=C3C(C)(C)C)c2)cc2c1c1ccccc1n2-c1ccccn1. The van der Waals surface area contributed by atoms with Crippen molar-refractivity contribution in [1.82, 2.24) is 9.55 Å². The highest BCUT2D eigenvalue weighted by Crippen LogP contribution is 2.46. The van der Waals surface area contributed by atoms with Crippen molar-refractivity contribution in [3.63, 3.8) is 0 Å². The van der Waals surface area contributed by atoms with E-state index in [0.29, 0.717) is 6.67 Å². The van der Waals surface area contributed by atoms with Crippen LogP contribution in [0, 0.1) is 19.3 Å². The predicted molar refractivity (Wildman–Crippen MR) is 281 cm³/mol. The van der Waals surface area contributed by atoms with Gasteiger partial charge in [-0.3, -0.25) is 4.57 Å². The maximum atomic E-state index is 7.04. The lowest BCUT2D eigenvalue weighted by Gasteiger charge is -2.33. The molecule has 7 aromatic carbocycles. The number of aryl methyl sites for hydroxylation is 2. The van der Waals surface area contributed by atoms with E-state index in [-0.39, 0.29) is 16.2 Å². The first-order chi connectivity index (χ1) is 32.2. The third-order valence-corrected chi connectivity index (χ3v) is 14.1. The van der Waals surface area contributed by atoms with Crippen LogP contribution in [0.25, 0.3) is 38.8 Å². The van der Waals surface area contributed by atoms with Crippen LogP contribution in [0.3, 0.4) is 0 Å². The second kappa shape index (κ2) is 16.8. The summed E-state index contributed by atoms with van der Waals surface area (Å²) in [6.07, 6.45) is 4.23. The van der Waals surface area contributed by atoms with E-state index in [1.807, 2.05) is 18.3 Å². The summed E-state index contributed by atoms with van der Waals surface area (Å²) >= 11 is 0. The average molecular weight is 877 g/mol. The normalized spacial score (nSPS) is 13.4. The highest BCUT2D eigenvalue weighted by atomic mass is 16.5. The number of pyridine rings is 1. The molecule has 0 saturated heterocycles. The maximum absolute atomic E-state index is 7.04. The van der Waals surface area contributed by atoms with Gasteiger partial charge in [-0.15, -0.1) is 0 Å². The van der Waals surface area contributed by atoms with Gasteiger partial charge in [0.2, 0.25) is 0 Å². The number of allylic oxidation sites excluding steroid dienone is 1. The van der Waals surface area contributed by atoms with E-state index in [0.717, 1.165) is 39.6 Å². The first-order valence-electron chi connectivity index (χ1n) is 23.6. The van der Waals surface area contributed by atoms with Gasteiger partial charge in [0.15, 0.2) is 0 Å². The molecule has 0 bridgehead atoms. The molecule has 0 N–H and O–H groups in total. The van der Waals surface area contributed by atoms with Crippen LogP contribution in [0.4, 0.5) is 11.4 Å². The molecule has 9 aromatic rings. The van der Waals surface area contributed by atoms with Gasteiger partial charge in [0, 0.05) is 68.6 Å². The molecule has 1 aliphatic rings. The van der Waals surface area contributed by atoms with E-state index in [9.17, 15) is 0 Å². The number of rotatable bonds is 10. The van der Waals surface area contributed by atoms with Crippen molar-refractivity contribution in [1.29, 1.82) is 0 Å². The number of nitrogens with zero attached hydrogens (tertiary/aromatic N) is 4. The van der Waals surface area contributed by atoms with E-state index in [1.54, 1.807) is 0 Å². The van der Waals surface area contributed by atoms with Crippen molar-refractivity contribution in [3.8, 4) is 28.4 Å². The van der Waals surface area contributed by atoms with Gasteiger partial charge in [-0.2, -0.15) is 0 Å². The second-order valence-electron chi connectivity index (χ2n) is 20.3. The van der Waals surface area contributed by atoms with Gasteiger partial charge in [-0.05, 0) is 107 Å².